The minimum atomic E-state index is 0.793. The van der Waals surface area contributed by atoms with Crippen LogP contribution in [0.3, 0.4) is 0 Å². The first-order valence-corrected chi connectivity index (χ1v) is 5.38. The van der Waals surface area contributed by atoms with E-state index < -0.39 is 0 Å². The fraction of sp³-hybridized carbons (Fsp3) is 0.364. The molecule has 0 saturated carbocycles. The molecule has 1 N–H and O–H groups in total. The number of hydrogen-bond donors (Lipinski definition) is 1. The van der Waals surface area contributed by atoms with Crippen molar-refractivity contribution in [3.8, 4) is 0 Å². The van der Waals surface area contributed by atoms with Crippen molar-refractivity contribution in [1.29, 1.82) is 0 Å². The lowest BCUT2D eigenvalue weighted by molar-refractivity contribution is 0.541. The van der Waals surface area contributed by atoms with Crippen LogP contribution in [-0.2, 0) is 13.1 Å². The summed E-state index contributed by atoms with van der Waals surface area (Å²) in [6.45, 7) is 2.70. The number of hydrogen-bond acceptors (Lipinski definition) is 4. The minimum Gasteiger partial charge on any atom is -0.311 e. The van der Waals surface area contributed by atoms with Crippen molar-refractivity contribution in [2.24, 2.45) is 0 Å². The quantitative estimate of drug-likeness (QED) is 0.729. The molecule has 84 valence electrons. The van der Waals surface area contributed by atoms with Gasteiger partial charge in [-0.05, 0) is 25.1 Å². The molecule has 0 atom stereocenters. The van der Waals surface area contributed by atoms with Crippen LogP contribution in [0, 0.1) is 0 Å². The Kier molecular flexibility index (Phi) is 4.01. The summed E-state index contributed by atoms with van der Waals surface area (Å²) < 4.78 is 1.94. The van der Waals surface area contributed by atoms with Gasteiger partial charge in [0, 0.05) is 31.7 Å². The first-order chi connectivity index (χ1) is 7.95. The fourth-order valence-electron chi connectivity index (χ4n) is 1.44. The van der Waals surface area contributed by atoms with Crippen molar-refractivity contribution in [1.82, 2.24) is 25.1 Å². The Balaban J connectivity index is 1.59. The van der Waals surface area contributed by atoms with Crippen LogP contribution in [0.5, 0.6) is 0 Å². The Morgan fingerprint density at radius 3 is 3.06 bits per heavy atom. The molecule has 2 aromatic rings. The Hall–Kier alpha value is -1.75. The van der Waals surface area contributed by atoms with E-state index >= 15 is 0 Å². The van der Waals surface area contributed by atoms with Crippen LogP contribution in [0.4, 0.5) is 0 Å². The first kappa shape index (κ1) is 10.8. The molecule has 0 saturated heterocycles. The van der Waals surface area contributed by atoms with Crippen molar-refractivity contribution in [3.63, 3.8) is 0 Å². The van der Waals surface area contributed by atoms with Gasteiger partial charge in [-0.15, -0.1) is 0 Å². The largest absolute Gasteiger partial charge is 0.311 e. The Labute approximate surface area is 94.5 Å². The van der Waals surface area contributed by atoms with Gasteiger partial charge in [-0.1, -0.05) is 0 Å². The first-order valence-electron chi connectivity index (χ1n) is 5.38. The molecule has 0 amide bonds. The third-order valence-electron chi connectivity index (χ3n) is 2.25. The highest BCUT2D eigenvalue weighted by Crippen LogP contribution is 1.91. The van der Waals surface area contributed by atoms with E-state index in [1.165, 1.54) is 0 Å². The van der Waals surface area contributed by atoms with Gasteiger partial charge in [-0.3, -0.25) is 4.68 Å². The predicted octanol–water partition coefficient (Wildman–Crippen LogP) is 0.853. The van der Waals surface area contributed by atoms with Crippen LogP contribution in [0.1, 0.15) is 12.1 Å². The highest BCUT2D eigenvalue weighted by molar-refractivity contribution is 4.96. The van der Waals surface area contributed by atoms with Gasteiger partial charge in [0.05, 0.1) is 5.69 Å². The maximum atomic E-state index is 4.14. The van der Waals surface area contributed by atoms with Crippen molar-refractivity contribution in [2.75, 3.05) is 6.54 Å². The summed E-state index contributed by atoms with van der Waals surface area (Å²) >= 11 is 0. The summed E-state index contributed by atoms with van der Waals surface area (Å²) in [4.78, 5) is 8.01. The van der Waals surface area contributed by atoms with Gasteiger partial charge in [-0.25, -0.2) is 9.97 Å². The third kappa shape index (κ3) is 3.43. The number of nitrogens with one attached hydrogen (secondary N) is 1. The normalized spacial score (nSPS) is 10.5. The molecule has 0 aliphatic rings. The second-order valence-electron chi connectivity index (χ2n) is 3.50. The lowest BCUT2D eigenvalue weighted by atomic mass is 10.3. The molecular weight excluding hydrogens is 202 g/mol. The van der Waals surface area contributed by atoms with Crippen molar-refractivity contribution >= 4 is 0 Å². The maximum Gasteiger partial charge on any atom is 0.115 e. The van der Waals surface area contributed by atoms with Crippen LogP contribution >= 0.6 is 0 Å². The van der Waals surface area contributed by atoms with E-state index in [2.05, 4.69) is 20.4 Å². The summed E-state index contributed by atoms with van der Waals surface area (Å²) in [6, 6.07) is 3.86. The van der Waals surface area contributed by atoms with Crippen molar-refractivity contribution in [2.45, 2.75) is 19.5 Å². The summed E-state index contributed by atoms with van der Waals surface area (Å²) in [6.07, 6.45) is 8.17. The number of nitrogens with zero attached hydrogens (tertiary/aromatic N) is 4. The molecule has 5 heteroatoms. The van der Waals surface area contributed by atoms with Crippen LogP contribution in [0.15, 0.2) is 37.1 Å². The number of rotatable bonds is 6. The molecule has 0 bridgehead atoms. The number of aromatic nitrogens is 4. The van der Waals surface area contributed by atoms with Crippen molar-refractivity contribution in [3.05, 3.63) is 42.7 Å². The van der Waals surface area contributed by atoms with Crippen LogP contribution in [0.2, 0.25) is 0 Å². The van der Waals surface area contributed by atoms with E-state index in [1.807, 2.05) is 23.0 Å². The molecule has 0 aromatic carbocycles. The molecule has 0 unspecified atom stereocenters. The third-order valence-corrected chi connectivity index (χ3v) is 2.25. The minimum absolute atomic E-state index is 0.793. The zero-order valence-electron chi connectivity index (χ0n) is 9.08. The molecular formula is C11H15N5. The Morgan fingerprint density at radius 2 is 2.31 bits per heavy atom. The fourth-order valence-corrected chi connectivity index (χ4v) is 1.44. The average molecular weight is 217 g/mol. The van der Waals surface area contributed by atoms with Crippen molar-refractivity contribution < 1.29 is 0 Å². The van der Waals surface area contributed by atoms with Gasteiger partial charge < -0.3 is 5.32 Å². The van der Waals surface area contributed by atoms with E-state index in [1.54, 1.807) is 18.7 Å². The predicted molar refractivity (Wildman–Crippen MR) is 60.6 cm³/mol. The molecule has 0 aliphatic carbocycles. The highest BCUT2D eigenvalue weighted by Gasteiger charge is 1.93. The lowest BCUT2D eigenvalue weighted by Crippen LogP contribution is -2.17. The Morgan fingerprint density at radius 1 is 1.31 bits per heavy atom. The standard InChI is InChI=1S/C11H15N5/c1(7-16-8-2-5-15-16)4-12-9-11-3-6-13-10-14-11/h2-3,5-6,8,10,12H,1,4,7,9H2. The molecule has 5 nitrogen and oxygen atoms in total. The van der Waals surface area contributed by atoms with Gasteiger partial charge in [-0.2, -0.15) is 5.10 Å². The second kappa shape index (κ2) is 5.97. The second-order valence-corrected chi connectivity index (χ2v) is 3.50. The zero-order chi connectivity index (χ0) is 11.1. The van der Waals surface area contributed by atoms with E-state index in [9.17, 15) is 0 Å². The zero-order valence-corrected chi connectivity index (χ0v) is 9.08. The smallest absolute Gasteiger partial charge is 0.115 e. The van der Waals surface area contributed by atoms with E-state index in [4.69, 9.17) is 0 Å². The Bertz CT molecular complexity index is 384. The summed E-state index contributed by atoms with van der Waals surface area (Å²) in [5.74, 6) is 0. The van der Waals surface area contributed by atoms with E-state index in [0.717, 1.165) is 31.7 Å². The van der Waals surface area contributed by atoms with Gasteiger partial charge >= 0.3 is 0 Å². The monoisotopic (exact) mass is 217 g/mol. The molecule has 0 aliphatic heterocycles. The lowest BCUT2D eigenvalue weighted by Gasteiger charge is -2.04. The topological polar surface area (TPSA) is 55.6 Å². The average Bonchev–Trinajstić information content (AvgIpc) is 2.83. The SMILES string of the molecule is c1cnn(CCCNCc2ccncn2)c1. The molecule has 0 radical (unpaired) electrons. The van der Waals surface area contributed by atoms with Crippen LogP contribution in [-0.4, -0.2) is 26.3 Å². The van der Waals surface area contributed by atoms with Crippen LogP contribution in [0.25, 0.3) is 0 Å². The van der Waals surface area contributed by atoms with E-state index in [0.29, 0.717) is 0 Å². The van der Waals surface area contributed by atoms with Crippen LogP contribution < -0.4 is 5.32 Å². The molecule has 0 fully saturated rings. The number of aryl methyl sites for hydroxylation is 1. The van der Waals surface area contributed by atoms with E-state index in [-0.39, 0.29) is 0 Å². The van der Waals surface area contributed by atoms with Gasteiger partial charge in [0.1, 0.15) is 6.33 Å². The molecule has 2 rings (SSSR count). The molecule has 2 aromatic heterocycles. The molecule has 2 heterocycles. The molecule has 0 spiro atoms. The van der Waals surface area contributed by atoms with Gasteiger partial charge in [0.15, 0.2) is 0 Å². The summed E-state index contributed by atoms with van der Waals surface area (Å²) in [7, 11) is 0. The summed E-state index contributed by atoms with van der Waals surface area (Å²) in [5, 5.41) is 7.47. The molecule has 16 heavy (non-hydrogen) atoms. The summed E-state index contributed by atoms with van der Waals surface area (Å²) in [5.41, 5.74) is 1.02. The maximum absolute atomic E-state index is 4.14. The van der Waals surface area contributed by atoms with Gasteiger partial charge in [0.2, 0.25) is 0 Å². The van der Waals surface area contributed by atoms with Gasteiger partial charge in [0.25, 0.3) is 0 Å². The highest BCUT2D eigenvalue weighted by atomic mass is 15.3.